The number of amides is 1. The van der Waals surface area contributed by atoms with Crippen LogP contribution >= 0.6 is 0 Å². The highest BCUT2D eigenvalue weighted by molar-refractivity contribution is 5.96. The molecule has 1 aliphatic carbocycles. The van der Waals surface area contributed by atoms with Crippen LogP contribution in [0.15, 0.2) is 42.5 Å². The number of rotatable bonds is 4. The number of halogens is 1. The summed E-state index contributed by atoms with van der Waals surface area (Å²) in [5.41, 5.74) is 3.14. The van der Waals surface area contributed by atoms with Crippen molar-refractivity contribution in [3.8, 4) is 0 Å². The Morgan fingerprint density at radius 3 is 2.29 bits per heavy atom. The van der Waals surface area contributed by atoms with E-state index in [0.29, 0.717) is 30.1 Å². The molecule has 1 saturated heterocycles. The molecule has 0 radical (unpaired) electrons. The number of hydrogen-bond acceptors (Lipinski definition) is 2. The van der Waals surface area contributed by atoms with Gasteiger partial charge in [-0.2, -0.15) is 0 Å². The van der Waals surface area contributed by atoms with Crippen molar-refractivity contribution in [2.24, 2.45) is 0 Å². The van der Waals surface area contributed by atoms with Crippen molar-refractivity contribution in [1.82, 2.24) is 4.90 Å². The standard InChI is InChI=1S/C27H32FNO2/c1-19(30)22-13-14-24(26(28)18-22)21-10-7-16-29(17-15-21)27(31)25-12-6-5-11-23(25)20-8-3-2-4-9-20/h5-6,11-14,18,20-21H,2-4,7-10,15-17H2,1H3. The van der Waals surface area contributed by atoms with E-state index in [9.17, 15) is 14.0 Å². The molecule has 1 unspecified atom stereocenters. The molecule has 2 aliphatic rings. The summed E-state index contributed by atoms with van der Waals surface area (Å²) in [6.07, 6.45) is 8.57. The van der Waals surface area contributed by atoms with Crippen LogP contribution in [-0.4, -0.2) is 29.7 Å². The predicted molar refractivity (Wildman–Crippen MR) is 121 cm³/mol. The summed E-state index contributed by atoms with van der Waals surface area (Å²) >= 11 is 0. The smallest absolute Gasteiger partial charge is 0.254 e. The second-order valence-electron chi connectivity index (χ2n) is 9.13. The van der Waals surface area contributed by atoms with E-state index < -0.39 is 0 Å². The minimum Gasteiger partial charge on any atom is -0.339 e. The number of hydrogen-bond donors (Lipinski definition) is 0. The van der Waals surface area contributed by atoms with Crippen LogP contribution in [0, 0.1) is 5.82 Å². The molecule has 0 N–H and O–H groups in total. The summed E-state index contributed by atoms with van der Waals surface area (Å²) in [6, 6.07) is 13.0. The van der Waals surface area contributed by atoms with E-state index in [2.05, 4.69) is 6.07 Å². The average Bonchev–Trinajstić information content (AvgIpc) is 3.05. The second-order valence-corrected chi connectivity index (χ2v) is 9.13. The first-order valence-corrected chi connectivity index (χ1v) is 11.7. The van der Waals surface area contributed by atoms with Gasteiger partial charge in [-0.25, -0.2) is 4.39 Å². The van der Waals surface area contributed by atoms with E-state index in [1.807, 2.05) is 23.1 Å². The zero-order valence-corrected chi connectivity index (χ0v) is 18.4. The Morgan fingerprint density at radius 1 is 0.839 bits per heavy atom. The van der Waals surface area contributed by atoms with Crippen LogP contribution in [-0.2, 0) is 0 Å². The molecule has 164 valence electrons. The largest absolute Gasteiger partial charge is 0.339 e. The fourth-order valence-corrected chi connectivity index (χ4v) is 5.32. The van der Waals surface area contributed by atoms with E-state index in [1.54, 1.807) is 12.1 Å². The average molecular weight is 422 g/mol. The molecule has 2 aromatic carbocycles. The Balaban J connectivity index is 1.48. The van der Waals surface area contributed by atoms with Gasteiger partial charge in [0.25, 0.3) is 5.91 Å². The van der Waals surface area contributed by atoms with E-state index >= 15 is 0 Å². The van der Waals surface area contributed by atoms with Crippen molar-refractivity contribution in [2.45, 2.75) is 70.1 Å². The Hall–Kier alpha value is -2.49. The van der Waals surface area contributed by atoms with E-state index in [0.717, 1.165) is 24.8 Å². The normalized spacial score (nSPS) is 20.3. The Morgan fingerprint density at radius 2 is 1.55 bits per heavy atom. The first-order chi connectivity index (χ1) is 15.0. The third kappa shape index (κ3) is 4.89. The van der Waals surface area contributed by atoms with Crippen molar-refractivity contribution in [3.05, 3.63) is 70.5 Å². The molecule has 1 amide bonds. The number of nitrogens with zero attached hydrogens (tertiary/aromatic N) is 1. The van der Waals surface area contributed by atoms with Crippen molar-refractivity contribution >= 4 is 11.7 Å². The maximum atomic E-state index is 14.7. The highest BCUT2D eigenvalue weighted by Gasteiger charge is 2.27. The summed E-state index contributed by atoms with van der Waals surface area (Å²) in [6.45, 7) is 2.80. The van der Waals surface area contributed by atoms with Crippen molar-refractivity contribution in [3.63, 3.8) is 0 Å². The van der Waals surface area contributed by atoms with Gasteiger partial charge in [0.1, 0.15) is 5.82 Å². The monoisotopic (exact) mass is 421 g/mol. The van der Waals surface area contributed by atoms with Crippen LogP contribution in [0.5, 0.6) is 0 Å². The van der Waals surface area contributed by atoms with Crippen LogP contribution in [0.25, 0.3) is 0 Å². The molecule has 1 saturated carbocycles. The molecule has 1 atom stereocenters. The van der Waals surface area contributed by atoms with Gasteiger partial charge in [-0.15, -0.1) is 0 Å². The van der Waals surface area contributed by atoms with Crippen LogP contribution in [0.1, 0.15) is 102 Å². The van der Waals surface area contributed by atoms with Gasteiger partial charge in [0.2, 0.25) is 0 Å². The number of Topliss-reactive ketones (excluding diaryl/α,β-unsaturated/α-hetero) is 1. The highest BCUT2D eigenvalue weighted by Crippen LogP contribution is 2.36. The molecule has 4 heteroatoms. The third-order valence-electron chi connectivity index (χ3n) is 7.10. The molecule has 31 heavy (non-hydrogen) atoms. The molecule has 1 aliphatic heterocycles. The lowest BCUT2D eigenvalue weighted by atomic mass is 9.82. The number of carbonyl (C=O) groups excluding carboxylic acids is 2. The molecular formula is C27H32FNO2. The SMILES string of the molecule is CC(=O)c1ccc(C2CCCN(C(=O)c3ccccc3C3CCCCC3)CC2)c(F)c1. The van der Waals surface area contributed by atoms with Crippen molar-refractivity contribution < 1.29 is 14.0 Å². The maximum absolute atomic E-state index is 14.7. The predicted octanol–water partition coefficient (Wildman–Crippen LogP) is 6.49. The highest BCUT2D eigenvalue weighted by atomic mass is 19.1. The molecular weight excluding hydrogens is 389 g/mol. The molecule has 1 heterocycles. The van der Waals surface area contributed by atoms with Crippen molar-refractivity contribution in [1.29, 1.82) is 0 Å². The molecule has 0 aromatic heterocycles. The van der Waals surface area contributed by atoms with Crippen LogP contribution in [0.2, 0.25) is 0 Å². The minimum absolute atomic E-state index is 0.0763. The van der Waals surface area contributed by atoms with Gasteiger partial charge in [-0.3, -0.25) is 9.59 Å². The number of carbonyl (C=O) groups is 2. The molecule has 2 fully saturated rings. The fourth-order valence-electron chi connectivity index (χ4n) is 5.32. The Kier molecular flexibility index (Phi) is 6.84. The lowest BCUT2D eigenvalue weighted by molar-refractivity contribution is 0.0759. The van der Waals surface area contributed by atoms with Gasteiger partial charge in [0.15, 0.2) is 5.78 Å². The van der Waals surface area contributed by atoms with Crippen molar-refractivity contribution in [2.75, 3.05) is 13.1 Å². The third-order valence-corrected chi connectivity index (χ3v) is 7.10. The first-order valence-electron chi connectivity index (χ1n) is 11.7. The Bertz CT molecular complexity index is 948. The molecule has 0 bridgehead atoms. The van der Waals surface area contributed by atoms with Crippen LogP contribution < -0.4 is 0 Å². The summed E-state index contributed by atoms with van der Waals surface area (Å²) in [5.74, 6) is 0.254. The first kappa shape index (κ1) is 21.7. The van der Waals surface area contributed by atoms with E-state index in [-0.39, 0.29) is 23.4 Å². The zero-order chi connectivity index (χ0) is 21.8. The van der Waals surface area contributed by atoms with Gasteiger partial charge < -0.3 is 4.90 Å². The fraction of sp³-hybridized carbons (Fsp3) is 0.481. The topological polar surface area (TPSA) is 37.4 Å². The number of likely N-dealkylation sites (tertiary alicyclic amines) is 1. The number of ketones is 1. The maximum Gasteiger partial charge on any atom is 0.254 e. The Labute approximate surface area is 184 Å². The van der Waals surface area contributed by atoms with Gasteiger partial charge in [0, 0.05) is 24.2 Å². The second kappa shape index (κ2) is 9.76. The number of benzene rings is 2. The quantitative estimate of drug-likeness (QED) is 0.530. The lowest BCUT2D eigenvalue weighted by Gasteiger charge is -2.27. The van der Waals surface area contributed by atoms with E-state index in [1.165, 1.54) is 50.7 Å². The molecule has 2 aromatic rings. The van der Waals surface area contributed by atoms with Crippen LogP contribution in [0.4, 0.5) is 4.39 Å². The summed E-state index contributed by atoms with van der Waals surface area (Å²) in [4.78, 5) is 26.9. The van der Waals surface area contributed by atoms with Crippen LogP contribution in [0.3, 0.4) is 0 Å². The summed E-state index contributed by atoms with van der Waals surface area (Å²) in [5, 5.41) is 0. The van der Waals surface area contributed by atoms with Gasteiger partial charge in [0.05, 0.1) is 0 Å². The molecule has 4 rings (SSSR count). The van der Waals surface area contributed by atoms with Gasteiger partial charge in [-0.05, 0) is 74.1 Å². The summed E-state index contributed by atoms with van der Waals surface area (Å²) < 4.78 is 14.7. The molecule has 3 nitrogen and oxygen atoms in total. The molecule has 0 spiro atoms. The lowest BCUT2D eigenvalue weighted by Crippen LogP contribution is -2.33. The van der Waals surface area contributed by atoms with E-state index in [4.69, 9.17) is 0 Å². The van der Waals surface area contributed by atoms with Gasteiger partial charge in [-0.1, -0.05) is 49.6 Å². The van der Waals surface area contributed by atoms with Gasteiger partial charge >= 0.3 is 0 Å². The minimum atomic E-state index is -0.305. The zero-order valence-electron chi connectivity index (χ0n) is 18.4. The summed E-state index contributed by atoms with van der Waals surface area (Å²) in [7, 11) is 0.